The summed E-state index contributed by atoms with van der Waals surface area (Å²) in [6, 6.07) is 3.20. The van der Waals surface area contributed by atoms with Gasteiger partial charge >= 0.3 is 0 Å². The molecule has 118 valence electrons. The zero-order valence-electron chi connectivity index (χ0n) is 12.8. The molecule has 0 aromatic heterocycles. The number of ether oxygens (including phenoxy) is 1. The number of nitrogens with one attached hydrogen (secondary N) is 1. The summed E-state index contributed by atoms with van der Waals surface area (Å²) >= 11 is 0. The average Bonchev–Trinajstić information content (AvgIpc) is 2.40. The van der Waals surface area contributed by atoms with E-state index < -0.39 is 10.0 Å². The van der Waals surface area contributed by atoms with E-state index >= 15 is 0 Å². The lowest BCUT2D eigenvalue weighted by atomic mass is 9.92. The number of benzene rings is 1. The molecule has 0 unspecified atom stereocenters. The Morgan fingerprint density at radius 1 is 1.19 bits per heavy atom. The average molecular weight is 312 g/mol. The number of nitrogens with two attached hydrogens (primary N) is 1. The van der Waals surface area contributed by atoms with Crippen molar-refractivity contribution in [2.24, 2.45) is 5.73 Å². The first-order valence-electron chi connectivity index (χ1n) is 7.28. The molecule has 0 bridgehead atoms. The van der Waals surface area contributed by atoms with Gasteiger partial charge in [0.2, 0.25) is 10.0 Å². The van der Waals surface area contributed by atoms with Crippen molar-refractivity contribution in [1.29, 1.82) is 0 Å². The summed E-state index contributed by atoms with van der Waals surface area (Å²) in [5.41, 5.74) is 7.41. The van der Waals surface area contributed by atoms with Gasteiger partial charge in [0.05, 0.1) is 12.0 Å². The van der Waals surface area contributed by atoms with Gasteiger partial charge in [-0.2, -0.15) is 0 Å². The first-order valence-corrected chi connectivity index (χ1v) is 8.76. The maximum Gasteiger partial charge on any atom is 0.241 e. The summed E-state index contributed by atoms with van der Waals surface area (Å²) in [5.74, 6) is 0.665. The molecule has 2 atom stereocenters. The molecule has 6 heteroatoms. The van der Waals surface area contributed by atoms with Crippen LogP contribution in [0, 0.1) is 13.8 Å². The second-order valence-corrected chi connectivity index (χ2v) is 7.42. The Hall–Kier alpha value is -1.11. The van der Waals surface area contributed by atoms with Crippen LogP contribution in [-0.2, 0) is 10.0 Å². The Balaban J connectivity index is 2.31. The van der Waals surface area contributed by atoms with E-state index in [1.54, 1.807) is 33.1 Å². The van der Waals surface area contributed by atoms with Crippen LogP contribution in [0.4, 0.5) is 0 Å². The monoisotopic (exact) mass is 312 g/mol. The van der Waals surface area contributed by atoms with E-state index in [9.17, 15) is 8.42 Å². The Morgan fingerprint density at radius 2 is 1.76 bits per heavy atom. The van der Waals surface area contributed by atoms with Crippen LogP contribution < -0.4 is 15.2 Å². The van der Waals surface area contributed by atoms with Gasteiger partial charge in [-0.05, 0) is 49.9 Å². The maximum atomic E-state index is 12.7. The highest BCUT2D eigenvalue weighted by atomic mass is 32.2. The Kier molecular flexibility index (Phi) is 4.91. The molecule has 1 aromatic rings. The van der Waals surface area contributed by atoms with Crippen LogP contribution >= 0.6 is 0 Å². The largest absolute Gasteiger partial charge is 0.497 e. The molecule has 1 aliphatic rings. The highest BCUT2D eigenvalue weighted by Gasteiger charge is 2.29. The fourth-order valence-electron chi connectivity index (χ4n) is 3.02. The number of hydrogen-bond donors (Lipinski definition) is 2. The van der Waals surface area contributed by atoms with Crippen molar-refractivity contribution in [1.82, 2.24) is 4.72 Å². The Bertz CT molecular complexity index is 590. The summed E-state index contributed by atoms with van der Waals surface area (Å²) in [7, 11) is -1.99. The number of aryl methyl sites for hydroxylation is 2. The molecule has 3 N–H and O–H groups in total. The zero-order valence-corrected chi connectivity index (χ0v) is 13.7. The van der Waals surface area contributed by atoms with Crippen LogP contribution in [0.25, 0.3) is 0 Å². The first kappa shape index (κ1) is 16.3. The van der Waals surface area contributed by atoms with E-state index in [0.29, 0.717) is 21.8 Å². The topological polar surface area (TPSA) is 81.4 Å². The molecule has 0 amide bonds. The molecule has 0 aliphatic heterocycles. The highest BCUT2D eigenvalue weighted by molar-refractivity contribution is 7.89. The van der Waals surface area contributed by atoms with Gasteiger partial charge in [0.25, 0.3) is 0 Å². The van der Waals surface area contributed by atoms with Gasteiger partial charge in [0.1, 0.15) is 5.75 Å². The minimum absolute atomic E-state index is 0.104. The van der Waals surface area contributed by atoms with Crippen LogP contribution in [0.5, 0.6) is 5.75 Å². The van der Waals surface area contributed by atoms with E-state index in [-0.39, 0.29) is 12.1 Å². The number of methoxy groups -OCH3 is 1. The predicted molar refractivity (Wildman–Crippen MR) is 83.0 cm³/mol. The number of hydrogen-bond acceptors (Lipinski definition) is 4. The number of rotatable bonds is 4. The van der Waals surface area contributed by atoms with Gasteiger partial charge in [-0.1, -0.05) is 12.8 Å². The van der Waals surface area contributed by atoms with Gasteiger partial charge in [-0.25, -0.2) is 13.1 Å². The summed E-state index contributed by atoms with van der Waals surface area (Å²) < 4.78 is 33.3. The van der Waals surface area contributed by atoms with Crippen molar-refractivity contribution < 1.29 is 13.2 Å². The number of sulfonamides is 1. The van der Waals surface area contributed by atoms with Gasteiger partial charge in [-0.15, -0.1) is 0 Å². The molecule has 5 nitrogen and oxygen atoms in total. The molecule has 0 heterocycles. The molecular weight excluding hydrogens is 288 g/mol. The minimum Gasteiger partial charge on any atom is -0.497 e. The standard InChI is InChI=1S/C15H24N2O3S/c1-10-8-12(20-3)9-11(2)15(10)21(18,19)17-14-7-5-4-6-13(14)16/h8-9,13-14,17H,4-7,16H2,1-3H3/t13-,14-/m1/s1. The summed E-state index contributed by atoms with van der Waals surface area (Å²) in [4.78, 5) is 0.334. The second-order valence-electron chi connectivity index (χ2n) is 5.77. The van der Waals surface area contributed by atoms with E-state index in [0.717, 1.165) is 25.7 Å². The SMILES string of the molecule is COc1cc(C)c(S(=O)(=O)N[C@@H]2CCCC[C@H]2N)c(C)c1. The van der Waals surface area contributed by atoms with Gasteiger partial charge in [-0.3, -0.25) is 0 Å². The Morgan fingerprint density at radius 3 is 2.29 bits per heavy atom. The van der Waals surface area contributed by atoms with E-state index in [1.165, 1.54) is 0 Å². The quantitative estimate of drug-likeness (QED) is 0.889. The maximum absolute atomic E-state index is 12.7. The van der Waals surface area contributed by atoms with Crippen LogP contribution in [-0.4, -0.2) is 27.6 Å². The molecule has 1 fully saturated rings. The fraction of sp³-hybridized carbons (Fsp3) is 0.600. The molecule has 0 radical (unpaired) electrons. The molecule has 1 aliphatic carbocycles. The molecule has 1 saturated carbocycles. The van der Waals surface area contributed by atoms with Gasteiger partial charge < -0.3 is 10.5 Å². The predicted octanol–water partition coefficient (Wildman–Crippen LogP) is 1.86. The molecule has 21 heavy (non-hydrogen) atoms. The van der Waals surface area contributed by atoms with Crippen molar-refractivity contribution in [3.05, 3.63) is 23.3 Å². The molecule has 2 rings (SSSR count). The zero-order chi connectivity index (χ0) is 15.6. The summed E-state index contributed by atoms with van der Waals surface area (Å²) in [5, 5.41) is 0. The molecule has 0 spiro atoms. The van der Waals surface area contributed by atoms with Crippen molar-refractivity contribution in [2.45, 2.75) is 56.5 Å². The van der Waals surface area contributed by atoms with E-state index in [1.807, 2.05) is 0 Å². The van der Waals surface area contributed by atoms with Crippen LogP contribution in [0.3, 0.4) is 0 Å². The van der Waals surface area contributed by atoms with Crippen molar-refractivity contribution in [3.63, 3.8) is 0 Å². The summed E-state index contributed by atoms with van der Waals surface area (Å²) in [6.45, 7) is 3.57. The lowest BCUT2D eigenvalue weighted by Gasteiger charge is -2.29. The highest BCUT2D eigenvalue weighted by Crippen LogP contribution is 2.27. The van der Waals surface area contributed by atoms with Crippen LogP contribution in [0.1, 0.15) is 36.8 Å². The third kappa shape index (κ3) is 3.56. The first-order chi connectivity index (χ1) is 9.85. The molecular formula is C15H24N2O3S. The Labute approximate surface area is 126 Å². The minimum atomic E-state index is -3.56. The lowest BCUT2D eigenvalue weighted by Crippen LogP contribution is -2.49. The normalized spacial score (nSPS) is 23.0. The van der Waals surface area contributed by atoms with Gasteiger partial charge in [0.15, 0.2) is 0 Å². The molecule has 1 aromatic carbocycles. The van der Waals surface area contributed by atoms with Crippen molar-refractivity contribution in [2.75, 3.05) is 7.11 Å². The van der Waals surface area contributed by atoms with E-state index in [4.69, 9.17) is 10.5 Å². The van der Waals surface area contributed by atoms with Crippen molar-refractivity contribution >= 4 is 10.0 Å². The van der Waals surface area contributed by atoms with Crippen molar-refractivity contribution in [3.8, 4) is 5.75 Å². The third-order valence-electron chi connectivity index (χ3n) is 4.06. The van der Waals surface area contributed by atoms with E-state index in [2.05, 4.69) is 4.72 Å². The lowest BCUT2D eigenvalue weighted by molar-refractivity contribution is 0.361. The fourth-order valence-corrected chi connectivity index (χ4v) is 4.79. The van der Waals surface area contributed by atoms with Gasteiger partial charge in [0, 0.05) is 12.1 Å². The molecule has 0 saturated heterocycles. The second kappa shape index (κ2) is 6.34. The summed E-state index contributed by atoms with van der Waals surface area (Å²) in [6.07, 6.45) is 3.75. The van der Waals surface area contributed by atoms with Crippen LogP contribution in [0.2, 0.25) is 0 Å². The van der Waals surface area contributed by atoms with Crippen LogP contribution in [0.15, 0.2) is 17.0 Å². The third-order valence-corrected chi connectivity index (χ3v) is 5.86. The smallest absolute Gasteiger partial charge is 0.241 e.